The van der Waals surface area contributed by atoms with E-state index in [1.165, 1.54) is 12.1 Å². The molecule has 0 heterocycles. The first-order chi connectivity index (χ1) is 9.99. The third-order valence-electron chi connectivity index (χ3n) is 2.68. The lowest BCUT2D eigenvalue weighted by Crippen LogP contribution is -1.93. The molecule has 21 heavy (non-hydrogen) atoms. The van der Waals surface area contributed by atoms with E-state index in [2.05, 4.69) is 15.8 Å². The predicted molar refractivity (Wildman–Crippen MR) is 82.4 cm³/mol. The number of hydrogen-bond donors (Lipinski definition) is 1. The highest BCUT2D eigenvalue weighted by molar-refractivity contribution is 6.38. The fraction of sp³-hybridized carbons (Fsp3) is 0.0769. The number of hydrogen-bond acceptors (Lipinski definition) is 4. The third-order valence-corrected chi connectivity index (χ3v) is 3.29. The molecule has 0 unspecified atom stereocenters. The van der Waals surface area contributed by atoms with Crippen LogP contribution < -0.4 is 5.43 Å². The molecule has 0 atom stereocenters. The van der Waals surface area contributed by atoms with Crippen LogP contribution in [-0.4, -0.2) is 4.92 Å². The van der Waals surface area contributed by atoms with Crippen molar-refractivity contribution in [1.29, 1.82) is 0 Å². The molecule has 0 aliphatic carbocycles. The summed E-state index contributed by atoms with van der Waals surface area (Å²) in [7, 11) is 0. The molecule has 0 radical (unpaired) electrons. The minimum absolute atomic E-state index is 0.0177. The molecular formula is C13H10Cl2N4O2. The van der Waals surface area contributed by atoms with Crippen LogP contribution in [0.25, 0.3) is 0 Å². The molecule has 0 bridgehead atoms. The van der Waals surface area contributed by atoms with Gasteiger partial charge in [0.25, 0.3) is 5.69 Å². The Morgan fingerprint density at radius 2 is 1.86 bits per heavy atom. The van der Waals surface area contributed by atoms with Gasteiger partial charge >= 0.3 is 0 Å². The summed E-state index contributed by atoms with van der Waals surface area (Å²) < 4.78 is 0. The van der Waals surface area contributed by atoms with E-state index in [-0.39, 0.29) is 5.69 Å². The van der Waals surface area contributed by atoms with Crippen molar-refractivity contribution in [2.45, 2.75) is 6.92 Å². The van der Waals surface area contributed by atoms with Crippen LogP contribution in [0.5, 0.6) is 0 Å². The Labute approximate surface area is 130 Å². The number of nitro benzene ring substituents is 1. The monoisotopic (exact) mass is 324 g/mol. The first-order valence-electron chi connectivity index (χ1n) is 5.85. The average Bonchev–Trinajstić information content (AvgIpc) is 2.43. The highest BCUT2D eigenvalue weighted by Crippen LogP contribution is 2.33. The number of benzene rings is 2. The van der Waals surface area contributed by atoms with Gasteiger partial charge in [-0.15, -0.1) is 5.11 Å². The molecule has 0 aliphatic heterocycles. The predicted octanol–water partition coefficient (Wildman–Crippen LogP) is 5.32. The molecule has 6 nitrogen and oxygen atoms in total. The number of nitrogens with zero attached hydrogens (tertiary/aromatic N) is 3. The number of anilines is 1. The molecular weight excluding hydrogens is 315 g/mol. The van der Waals surface area contributed by atoms with E-state index in [9.17, 15) is 10.1 Å². The van der Waals surface area contributed by atoms with Gasteiger partial charge in [0.2, 0.25) is 0 Å². The lowest BCUT2D eigenvalue weighted by Gasteiger charge is -2.04. The maximum atomic E-state index is 10.7. The Hall–Kier alpha value is -2.18. The molecule has 0 saturated carbocycles. The highest BCUT2D eigenvalue weighted by atomic mass is 35.5. The van der Waals surface area contributed by atoms with Crippen molar-refractivity contribution in [3.05, 3.63) is 62.1 Å². The molecule has 0 aromatic heterocycles. The van der Waals surface area contributed by atoms with Gasteiger partial charge in [0.15, 0.2) is 0 Å². The normalized spacial score (nSPS) is 10.8. The Balaban J connectivity index is 2.16. The molecule has 0 spiro atoms. The van der Waals surface area contributed by atoms with Crippen molar-refractivity contribution in [3.63, 3.8) is 0 Å². The average molecular weight is 325 g/mol. The van der Waals surface area contributed by atoms with Crippen molar-refractivity contribution in [3.8, 4) is 0 Å². The summed E-state index contributed by atoms with van der Waals surface area (Å²) in [6.07, 6.45) is 0. The van der Waals surface area contributed by atoms with Gasteiger partial charge in [-0.2, -0.15) is 0 Å². The summed E-state index contributed by atoms with van der Waals surface area (Å²) >= 11 is 11.9. The van der Waals surface area contributed by atoms with Crippen LogP contribution in [0.2, 0.25) is 10.0 Å². The topological polar surface area (TPSA) is 79.9 Å². The summed E-state index contributed by atoms with van der Waals surface area (Å²) in [5.74, 6) is 0. The second kappa shape index (κ2) is 6.51. The van der Waals surface area contributed by atoms with Gasteiger partial charge in [-0.25, -0.2) is 0 Å². The molecule has 0 aliphatic rings. The van der Waals surface area contributed by atoms with Gasteiger partial charge in [-0.1, -0.05) is 34.5 Å². The Bertz CT molecular complexity index is 699. The van der Waals surface area contributed by atoms with E-state index in [4.69, 9.17) is 23.2 Å². The first kappa shape index (κ1) is 15.2. The van der Waals surface area contributed by atoms with E-state index >= 15 is 0 Å². The molecule has 0 fully saturated rings. The number of nitro groups is 1. The van der Waals surface area contributed by atoms with Gasteiger partial charge in [0.05, 0.1) is 20.7 Å². The quantitative estimate of drug-likeness (QED) is 0.469. The van der Waals surface area contributed by atoms with Crippen molar-refractivity contribution in [2.75, 3.05) is 5.43 Å². The van der Waals surface area contributed by atoms with Crippen LogP contribution in [0, 0.1) is 17.0 Å². The highest BCUT2D eigenvalue weighted by Gasteiger charge is 2.08. The van der Waals surface area contributed by atoms with Gasteiger partial charge < -0.3 is 0 Å². The van der Waals surface area contributed by atoms with Crippen molar-refractivity contribution in [1.82, 2.24) is 0 Å². The van der Waals surface area contributed by atoms with Crippen LogP contribution in [0.4, 0.5) is 17.1 Å². The van der Waals surface area contributed by atoms with Gasteiger partial charge in [0, 0.05) is 12.1 Å². The summed E-state index contributed by atoms with van der Waals surface area (Å²) in [5.41, 5.74) is 4.35. The molecule has 2 aromatic rings. The molecule has 2 rings (SSSR count). The molecule has 0 amide bonds. The molecule has 0 saturated heterocycles. The van der Waals surface area contributed by atoms with Crippen molar-refractivity contribution >= 4 is 40.3 Å². The standard InChI is InChI=1S/C13H10Cl2N4O2/c1-8-7-9(19(20)21)5-6-12(8)16-18-17-13-10(14)3-2-4-11(13)15/h2-7H,1H3,(H,16,17). The van der Waals surface area contributed by atoms with Gasteiger partial charge in [-0.05, 0) is 30.7 Å². The lowest BCUT2D eigenvalue weighted by molar-refractivity contribution is -0.384. The van der Waals surface area contributed by atoms with Crippen molar-refractivity contribution in [2.24, 2.45) is 10.3 Å². The number of non-ortho nitro benzene ring substituents is 1. The molecule has 2 aromatic carbocycles. The van der Waals surface area contributed by atoms with E-state index in [0.29, 0.717) is 27.0 Å². The van der Waals surface area contributed by atoms with Crippen LogP contribution >= 0.6 is 23.2 Å². The Kier molecular flexibility index (Phi) is 4.72. The van der Waals surface area contributed by atoms with E-state index in [1.54, 1.807) is 31.2 Å². The second-order valence-electron chi connectivity index (χ2n) is 4.14. The summed E-state index contributed by atoms with van der Waals surface area (Å²) in [4.78, 5) is 10.2. The zero-order valence-electron chi connectivity index (χ0n) is 10.9. The lowest BCUT2D eigenvalue weighted by atomic mass is 10.2. The number of rotatable bonds is 4. The zero-order valence-corrected chi connectivity index (χ0v) is 12.4. The maximum absolute atomic E-state index is 10.7. The fourth-order valence-corrected chi connectivity index (χ4v) is 2.07. The summed E-state index contributed by atoms with van der Waals surface area (Å²) in [6, 6.07) is 9.39. The Morgan fingerprint density at radius 1 is 1.19 bits per heavy atom. The SMILES string of the molecule is Cc1cc([N+](=O)[O-])ccc1NN=Nc1c(Cl)cccc1Cl. The van der Waals surface area contributed by atoms with E-state index < -0.39 is 4.92 Å². The van der Waals surface area contributed by atoms with E-state index in [1.807, 2.05) is 0 Å². The minimum atomic E-state index is -0.457. The summed E-state index contributed by atoms with van der Waals surface area (Å²) in [5, 5.41) is 19.1. The van der Waals surface area contributed by atoms with Crippen LogP contribution in [0.1, 0.15) is 5.56 Å². The number of halogens is 2. The smallest absolute Gasteiger partial charge is 0.260 e. The van der Waals surface area contributed by atoms with Gasteiger partial charge in [0.1, 0.15) is 5.69 Å². The maximum Gasteiger partial charge on any atom is 0.269 e. The first-order valence-corrected chi connectivity index (χ1v) is 6.60. The fourth-order valence-electron chi connectivity index (χ4n) is 1.60. The minimum Gasteiger partial charge on any atom is -0.260 e. The second-order valence-corrected chi connectivity index (χ2v) is 4.95. The van der Waals surface area contributed by atoms with E-state index in [0.717, 1.165) is 0 Å². The van der Waals surface area contributed by atoms with Crippen LogP contribution in [0.15, 0.2) is 46.7 Å². The van der Waals surface area contributed by atoms with Gasteiger partial charge in [-0.3, -0.25) is 15.5 Å². The number of aryl methyl sites for hydroxylation is 1. The molecule has 8 heteroatoms. The van der Waals surface area contributed by atoms with Crippen molar-refractivity contribution < 1.29 is 4.92 Å². The van der Waals surface area contributed by atoms with Crippen LogP contribution in [-0.2, 0) is 0 Å². The molecule has 1 N–H and O–H groups in total. The Morgan fingerprint density at radius 3 is 2.43 bits per heavy atom. The largest absolute Gasteiger partial charge is 0.269 e. The third kappa shape index (κ3) is 3.68. The van der Waals surface area contributed by atoms with Crippen LogP contribution in [0.3, 0.4) is 0 Å². The molecule has 108 valence electrons. The summed E-state index contributed by atoms with van der Waals surface area (Å²) in [6.45, 7) is 1.73. The number of nitrogens with one attached hydrogen (secondary N) is 1. The zero-order chi connectivity index (χ0) is 15.4.